The maximum atomic E-state index is 13.2. The second-order valence-electron chi connectivity index (χ2n) is 16.1. The van der Waals surface area contributed by atoms with Crippen LogP contribution >= 0.6 is 0 Å². The third kappa shape index (κ3) is 40.1. The monoisotopic (exact) mass is 798 g/mol. The fourth-order valence-corrected chi connectivity index (χ4v) is 7.01. The molecule has 0 saturated carbocycles. The Morgan fingerprint density at radius 2 is 0.947 bits per heavy atom. The number of hydrogen-bond donors (Lipinski definition) is 3. The Morgan fingerprint density at radius 3 is 1.44 bits per heavy atom. The van der Waals surface area contributed by atoms with Gasteiger partial charge in [-0.1, -0.05) is 191 Å². The van der Waals surface area contributed by atoms with Crippen LogP contribution in [0.3, 0.4) is 0 Å². The lowest BCUT2D eigenvalue weighted by Gasteiger charge is -2.24. The van der Waals surface area contributed by atoms with Gasteiger partial charge in [0.1, 0.15) is 6.10 Å². The number of aliphatic hydroxyl groups is 2. The summed E-state index contributed by atoms with van der Waals surface area (Å²) in [5, 5.41) is 23.7. The lowest BCUT2D eigenvalue weighted by molar-refractivity contribution is -0.151. The van der Waals surface area contributed by atoms with E-state index in [9.17, 15) is 19.8 Å². The van der Waals surface area contributed by atoms with Crippen LogP contribution in [0.5, 0.6) is 0 Å². The van der Waals surface area contributed by atoms with Gasteiger partial charge in [0, 0.05) is 6.42 Å². The van der Waals surface area contributed by atoms with Crippen LogP contribution in [-0.4, -0.2) is 46.9 Å². The number of aliphatic hydroxyl groups excluding tert-OH is 2. The molecule has 0 heterocycles. The van der Waals surface area contributed by atoms with E-state index in [1.807, 2.05) is 0 Å². The van der Waals surface area contributed by atoms with Crippen molar-refractivity contribution in [3.8, 4) is 0 Å². The van der Waals surface area contributed by atoms with Crippen molar-refractivity contribution in [1.29, 1.82) is 0 Å². The molecule has 6 nitrogen and oxygen atoms in total. The summed E-state index contributed by atoms with van der Waals surface area (Å²) >= 11 is 0. The van der Waals surface area contributed by atoms with Gasteiger partial charge < -0.3 is 20.3 Å². The molecule has 0 spiro atoms. The van der Waals surface area contributed by atoms with E-state index < -0.39 is 18.2 Å². The second-order valence-corrected chi connectivity index (χ2v) is 16.1. The van der Waals surface area contributed by atoms with Crippen molar-refractivity contribution in [2.24, 2.45) is 0 Å². The van der Waals surface area contributed by atoms with Gasteiger partial charge in [-0.25, -0.2) is 0 Å². The van der Waals surface area contributed by atoms with Gasteiger partial charge in [-0.15, -0.1) is 0 Å². The van der Waals surface area contributed by atoms with E-state index in [1.54, 1.807) is 0 Å². The fourth-order valence-electron chi connectivity index (χ4n) is 7.01. The van der Waals surface area contributed by atoms with Gasteiger partial charge in [-0.3, -0.25) is 9.59 Å². The molecule has 0 radical (unpaired) electrons. The largest absolute Gasteiger partial charge is 0.462 e. The number of carbonyl (C=O) groups excluding carboxylic acids is 2. The number of allylic oxidation sites excluding steroid dienone is 10. The molecule has 330 valence electrons. The van der Waals surface area contributed by atoms with Crippen LogP contribution in [0.2, 0.25) is 0 Å². The summed E-state index contributed by atoms with van der Waals surface area (Å²) in [4.78, 5) is 26.0. The molecule has 0 aliphatic rings. The molecule has 3 unspecified atom stereocenters. The first-order valence-electron chi connectivity index (χ1n) is 24.0. The highest BCUT2D eigenvalue weighted by molar-refractivity contribution is 5.77. The Bertz CT molecular complexity index is 1030. The number of hydrogen-bond acceptors (Lipinski definition) is 5. The smallest absolute Gasteiger partial charge is 0.306 e. The van der Waals surface area contributed by atoms with E-state index >= 15 is 0 Å². The number of nitrogens with one attached hydrogen (secondary N) is 1. The zero-order valence-corrected chi connectivity index (χ0v) is 37.5. The minimum atomic E-state index is -0.795. The van der Waals surface area contributed by atoms with Crippen molar-refractivity contribution in [3.63, 3.8) is 0 Å². The molecule has 0 aliphatic carbocycles. The molecule has 0 aromatic carbocycles. The van der Waals surface area contributed by atoms with Crippen LogP contribution in [-0.2, 0) is 14.3 Å². The molecule has 0 aliphatic heterocycles. The number of amides is 1. The second kappa shape index (κ2) is 44.7. The molecular weight excluding hydrogens is 707 g/mol. The van der Waals surface area contributed by atoms with E-state index in [2.05, 4.69) is 86.8 Å². The number of carbonyl (C=O) groups is 2. The maximum absolute atomic E-state index is 13.2. The van der Waals surface area contributed by atoms with Crippen LogP contribution in [0.1, 0.15) is 226 Å². The van der Waals surface area contributed by atoms with Crippen molar-refractivity contribution in [2.45, 2.75) is 244 Å². The Kier molecular flexibility index (Phi) is 42.7. The SMILES string of the molecule is CC/C=C/C/C=C/C/C=C/CCCCCCC(=O)OC(CCCCCCC/C=C/C/C=C/CC)CC(=O)NC(CO)C(O)CCCCCCCCCCCCCC. The minimum Gasteiger partial charge on any atom is -0.462 e. The van der Waals surface area contributed by atoms with Crippen molar-refractivity contribution in [3.05, 3.63) is 60.8 Å². The van der Waals surface area contributed by atoms with E-state index in [4.69, 9.17) is 4.74 Å². The van der Waals surface area contributed by atoms with Crippen LogP contribution in [0.15, 0.2) is 60.8 Å². The standard InChI is InChI=1S/C51H91NO5/c1-4-7-10-13-16-19-22-25-26-29-32-35-38-41-44-51(56)57-47(42-39-36-33-30-27-23-20-17-14-11-8-5-2)45-50(55)52-48(46-53)49(54)43-40-37-34-31-28-24-21-18-15-12-9-6-3/h7-8,10-11,16-17,19-20,25-26,47-49,53-54H,4-6,9,12-15,18,21-24,27-46H2,1-3H3,(H,52,55)/b10-7+,11-8+,19-16+,20-17+,26-25+. The van der Waals surface area contributed by atoms with E-state index in [1.165, 1.54) is 70.6 Å². The molecule has 6 heteroatoms. The van der Waals surface area contributed by atoms with E-state index in [0.29, 0.717) is 19.3 Å². The van der Waals surface area contributed by atoms with Gasteiger partial charge in [0.2, 0.25) is 5.91 Å². The summed E-state index contributed by atoms with van der Waals surface area (Å²) in [6.07, 6.45) is 54.2. The van der Waals surface area contributed by atoms with Crippen molar-refractivity contribution >= 4 is 11.9 Å². The van der Waals surface area contributed by atoms with Crippen LogP contribution in [0.25, 0.3) is 0 Å². The lowest BCUT2D eigenvalue weighted by Crippen LogP contribution is -2.46. The third-order valence-electron chi connectivity index (χ3n) is 10.6. The molecule has 3 atom stereocenters. The Hall–Kier alpha value is -2.44. The molecule has 0 saturated heterocycles. The first-order valence-corrected chi connectivity index (χ1v) is 24.0. The van der Waals surface area contributed by atoms with Gasteiger partial charge in [-0.05, 0) is 83.5 Å². The van der Waals surface area contributed by atoms with Crippen LogP contribution in [0, 0.1) is 0 Å². The summed E-state index contributed by atoms with van der Waals surface area (Å²) in [5.41, 5.74) is 0. The van der Waals surface area contributed by atoms with E-state index in [0.717, 1.165) is 109 Å². The van der Waals surface area contributed by atoms with Gasteiger partial charge in [0.15, 0.2) is 0 Å². The predicted molar refractivity (Wildman–Crippen MR) is 245 cm³/mol. The van der Waals surface area contributed by atoms with Gasteiger partial charge in [0.05, 0.1) is 25.2 Å². The summed E-state index contributed by atoms with van der Waals surface area (Å²) in [7, 11) is 0. The average Bonchev–Trinajstić information content (AvgIpc) is 3.20. The zero-order valence-electron chi connectivity index (χ0n) is 37.5. The Labute approximate surface area is 352 Å². The van der Waals surface area contributed by atoms with Gasteiger partial charge in [0.25, 0.3) is 0 Å². The fraction of sp³-hybridized carbons (Fsp3) is 0.765. The molecule has 0 fully saturated rings. The molecule has 0 bridgehead atoms. The van der Waals surface area contributed by atoms with Gasteiger partial charge >= 0.3 is 5.97 Å². The van der Waals surface area contributed by atoms with E-state index in [-0.39, 0.29) is 24.9 Å². The van der Waals surface area contributed by atoms with Crippen molar-refractivity contribution < 1.29 is 24.5 Å². The molecule has 0 rings (SSSR count). The van der Waals surface area contributed by atoms with Crippen molar-refractivity contribution in [1.82, 2.24) is 5.32 Å². The quantitative estimate of drug-likeness (QED) is 0.0325. The molecule has 57 heavy (non-hydrogen) atoms. The topological polar surface area (TPSA) is 95.9 Å². The van der Waals surface area contributed by atoms with Crippen molar-refractivity contribution in [2.75, 3.05) is 6.61 Å². The number of unbranched alkanes of at least 4 members (excludes halogenated alkanes) is 20. The summed E-state index contributed by atoms with van der Waals surface area (Å²) in [5.74, 6) is -0.516. The number of rotatable bonds is 42. The number of esters is 1. The minimum absolute atomic E-state index is 0.0573. The highest BCUT2D eigenvalue weighted by Gasteiger charge is 2.24. The summed E-state index contributed by atoms with van der Waals surface area (Å²) < 4.78 is 5.90. The predicted octanol–water partition coefficient (Wildman–Crippen LogP) is 14.1. The molecule has 3 N–H and O–H groups in total. The zero-order chi connectivity index (χ0) is 41.7. The summed E-state index contributed by atoms with van der Waals surface area (Å²) in [6, 6.07) is -0.711. The molecule has 1 amide bonds. The Balaban J connectivity index is 4.63. The normalized spacial score (nSPS) is 13.8. The summed E-state index contributed by atoms with van der Waals surface area (Å²) in [6.45, 7) is 6.24. The first-order chi connectivity index (χ1) is 28.0. The highest BCUT2D eigenvalue weighted by atomic mass is 16.5. The lowest BCUT2D eigenvalue weighted by atomic mass is 10.0. The third-order valence-corrected chi connectivity index (χ3v) is 10.6. The van der Waals surface area contributed by atoms with Crippen LogP contribution in [0.4, 0.5) is 0 Å². The molecule has 0 aromatic heterocycles. The molecule has 0 aromatic rings. The maximum Gasteiger partial charge on any atom is 0.306 e. The highest BCUT2D eigenvalue weighted by Crippen LogP contribution is 2.17. The van der Waals surface area contributed by atoms with Gasteiger partial charge in [-0.2, -0.15) is 0 Å². The Morgan fingerprint density at radius 1 is 0.526 bits per heavy atom. The average molecular weight is 798 g/mol. The van der Waals surface area contributed by atoms with Crippen LogP contribution < -0.4 is 5.32 Å². The molecular formula is C51H91NO5. The first kappa shape index (κ1) is 54.6. The number of ether oxygens (including phenoxy) is 1.